The highest BCUT2D eigenvalue weighted by atomic mass is 16.3. The van der Waals surface area contributed by atoms with Gasteiger partial charge in [-0.3, -0.25) is 4.90 Å². The van der Waals surface area contributed by atoms with Gasteiger partial charge in [0.15, 0.2) is 0 Å². The monoisotopic (exact) mass is 169 g/mol. The van der Waals surface area contributed by atoms with Crippen LogP contribution in [0.4, 0.5) is 0 Å². The average molecular weight is 169 g/mol. The Hall–Kier alpha value is -0.340. The molecule has 0 radical (unpaired) electrons. The van der Waals surface area contributed by atoms with Crippen molar-refractivity contribution in [3.05, 3.63) is 12.2 Å². The Labute approximate surface area is 74.9 Å². The summed E-state index contributed by atoms with van der Waals surface area (Å²) in [6.45, 7) is 9.58. The molecular formula is C10H19NO. The zero-order chi connectivity index (χ0) is 9.14. The van der Waals surface area contributed by atoms with Gasteiger partial charge in [-0.1, -0.05) is 6.58 Å². The molecular weight excluding hydrogens is 150 g/mol. The van der Waals surface area contributed by atoms with Gasteiger partial charge in [0.2, 0.25) is 0 Å². The van der Waals surface area contributed by atoms with Gasteiger partial charge in [0.05, 0.1) is 6.61 Å². The second-order valence-corrected chi connectivity index (χ2v) is 3.81. The highest BCUT2D eigenvalue weighted by molar-refractivity contribution is 5.09. The lowest BCUT2D eigenvalue weighted by atomic mass is 10.1. The molecule has 1 atom stereocenters. The van der Waals surface area contributed by atoms with Gasteiger partial charge >= 0.3 is 0 Å². The van der Waals surface area contributed by atoms with E-state index in [0.717, 1.165) is 18.5 Å². The molecule has 0 amide bonds. The number of aliphatic hydroxyl groups is 1. The minimum Gasteiger partial charge on any atom is -0.392 e. The zero-order valence-corrected chi connectivity index (χ0v) is 8.08. The first-order valence-corrected chi connectivity index (χ1v) is 4.71. The van der Waals surface area contributed by atoms with Gasteiger partial charge in [0, 0.05) is 12.1 Å². The molecule has 0 saturated carbocycles. The van der Waals surface area contributed by atoms with Gasteiger partial charge in [-0.05, 0) is 38.8 Å². The van der Waals surface area contributed by atoms with Crippen LogP contribution in [0.5, 0.6) is 0 Å². The molecule has 1 fully saturated rings. The third-order valence-electron chi connectivity index (χ3n) is 2.63. The largest absolute Gasteiger partial charge is 0.392 e. The molecule has 1 aliphatic heterocycles. The van der Waals surface area contributed by atoms with E-state index in [4.69, 9.17) is 5.11 Å². The standard InChI is InChI=1S/C10H19NO/c1-8(2)11-6-4-5-10(11)9(3)7-12/h8,10,12H,3-7H2,1-2H3. The Morgan fingerprint density at radius 1 is 1.67 bits per heavy atom. The summed E-state index contributed by atoms with van der Waals surface area (Å²) in [7, 11) is 0. The summed E-state index contributed by atoms with van der Waals surface area (Å²) in [6, 6.07) is 0.996. The lowest BCUT2D eigenvalue weighted by molar-refractivity contribution is 0.208. The maximum Gasteiger partial charge on any atom is 0.0654 e. The molecule has 2 heteroatoms. The van der Waals surface area contributed by atoms with E-state index in [-0.39, 0.29) is 6.61 Å². The predicted octanol–water partition coefficient (Wildman–Crippen LogP) is 1.41. The lowest BCUT2D eigenvalue weighted by Crippen LogP contribution is -2.37. The average Bonchev–Trinajstić information content (AvgIpc) is 2.50. The molecule has 0 aromatic rings. The second kappa shape index (κ2) is 4.06. The van der Waals surface area contributed by atoms with Crippen molar-refractivity contribution in [2.24, 2.45) is 0 Å². The Morgan fingerprint density at radius 3 is 2.83 bits per heavy atom. The summed E-state index contributed by atoms with van der Waals surface area (Å²) in [6.07, 6.45) is 2.40. The summed E-state index contributed by atoms with van der Waals surface area (Å²) in [4.78, 5) is 2.42. The van der Waals surface area contributed by atoms with Crippen LogP contribution in [0.2, 0.25) is 0 Å². The number of rotatable bonds is 3. The normalized spacial score (nSPS) is 25.2. The van der Waals surface area contributed by atoms with Crippen LogP contribution in [-0.4, -0.2) is 35.2 Å². The van der Waals surface area contributed by atoms with E-state index in [1.165, 1.54) is 6.42 Å². The van der Waals surface area contributed by atoms with Gasteiger partial charge in [-0.15, -0.1) is 0 Å². The van der Waals surface area contributed by atoms with E-state index < -0.39 is 0 Å². The highest BCUT2D eigenvalue weighted by Crippen LogP contribution is 2.24. The Bertz CT molecular complexity index is 165. The van der Waals surface area contributed by atoms with Crippen LogP contribution in [0.3, 0.4) is 0 Å². The number of nitrogens with zero attached hydrogens (tertiary/aromatic N) is 1. The minimum atomic E-state index is 0.133. The molecule has 1 unspecified atom stereocenters. The summed E-state index contributed by atoms with van der Waals surface area (Å²) < 4.78 is 0. The van der Waals surface area contributed by atoms with Crippen molar-refractivity contribution in [3.63, 3.8) is 0 Å². The van der Waals surface area contributed by atoms with E-state index in [1.807, 2.05) is 0 Å². The van der Waals surface area contributed by atoms with Crippen LogP contribution in [0.25, 0.3) is 0 Å². The van der Waals surface area contributed by atoms with Gasteiger partial charge in [-0.25, -0.2) is 0 Å². The van der Waals surface area contributed by atoms with Crippen LogP contribution in [0, 0.1) is 0 Å². The van der Waals surface area contributed by atoms with Crippen LogP contribution in [0.15, 0.2) is 12.2 Å². The molecule has 1 N–H and O–H groups in total. The van der Waals surface area contributed by atoms with E-state index in [1.54, 1.807) is 0 Å². The fraction of sp³-hybridized carbons (Fsp3) is 0.800. The summed E-state index contributed by atoms with van der Waals surface area (Å²) in [5, 5.41) is 8.97. The zero-order valence-electron chi connectivity index (χ0n) is 8.08. The number of hydrogen-bond acceptors (Lipinski definition) is 2. The smallest absolute Gasteiger partial charge is 0.0654 e. The van der Waals surface area contributed by atoms with Crippen molar-refractivity contribution in [3.8, 4) is 0 Å². The third-order valence-corrected chi connectivity index (χ3v) is 2.63. The van der Waals surface area contributed by atoms with E-state index in [0.29, 0.717) is 12.1 Å². The third kappa shape index (κ3) is 1.87. The van der Waals surface area contributed by atoms with Crippen molar-refractivity contribution < 1.29 is 5.11 Å². The molecule has 2 nitrogen and oxygen atoms in total. The van der Waals surface area contributed by atoms with Gasteiger partial charge in [0.25, 0.3) is 0 Å². The van der Waals surface area contributed by atoms with Crippen molar-refractivity contribution in [2.45, 2.75) is 38.8 Å². The quantitative estimate of drug-likeness (QED) is 0.646. The van der Waals surface area contributed by atoms with Crippen LogP contribution in [-0.2, 0) is 0 Å². The van der Waals surface area contributed by atoms with Crippen molar-refractivity contribution >= 4 is 0 Å². The molecule has 0 aromatic heterocycles. The van der Waals surface area contributed by atoms with Gasteiger partial charge < -0.3 is 5.11 Å². The van der Waals surface area contributed by atoms with E-state index in [9.17, 15) is 0 Å². The fourth-order valence-corrected chi connectivity index (χ4v) is 1.95. The summed E-state index contributed by atoms with van der Waals surface area (Å²) in [5.74, 6) is 0. The topological polar surface area (TPSA) is 23.5 Å². The highest BCUT2D eigenvalue weighted by Gasteiger charge is 2.27. The second-order valence-electron chi connectivity index (χ2n) is 3.81. The molecule has 1 aliphatic rings. The molecule has 1 heterocycles. The van der Waals surface area contributed by atoms with Crippen molar-refractivity contribution in [1.29, 1.82) is 0 Å². The Morgan fingerprint density at radius 2 is 2.33 bits per heavy atom. The number of hydrogen-bond donors (Lipinski definition) is 1. The molecule has 0 aliphatic carbocycles. The van der Waals surface area contributed by atoms with Crippen LogP contribution < -0.4 is 0 Å². The van der Waals surface area contributed by atoms with Crippen LogP contribution in [0.1, 0.15) is 26.7 Å². The Kier molecular flexibility index (Phi) is 3.29. The first-order chi connectivity index (χ1) is 5.66. The maximum absolute atomic E-state index is 8.97. The molecule has 0 spiro atoms. The van der Waals surface area contributed by atoms with E-state index >= 15 is 0 Å². The summed E-state index contributed by atoms with van der Waals surface area (Å²) in [5.41, 5.74) is 0.973. The van der Waals surface area contributed by atoms with Crippen LogP contribution >= 0.6 is 0 Å². The first-order valence-electron chi connectivity index (χ1n) is 4.71. The predicted molar refractivity (Wildman–Crippen MR) is 51.1 cm³/mol. The maximum atomic E-state index is 8.97. The number of likely N-dealkylation sites (tertiary alicyclic amines) is 1. The number of aliphatic hydroxyl groups excluding tert-OH is 1. The minimum absolute atomic E-state index is 0.133. The van der Waals surface area contributed by atoms with E-state index in [2.05, 4.69) is 25.3 Å². The molecule has 12 heavy (non-hydrogen) atoms. The molecule has 1 saturated heterocycles. The van der Waals surface area contributed by atoms with Gasteiger partial charge in [-0.2, -0.15) is 0 Å². The molecule has 1 rings (SSSR count). The molecule has 0 aromatic carbocycles. The molecule has 70 valence electrons. The van der Waals surface area contributed by atoms with Crippen molar-refractivity contribution in [2.75, 3.05) is 13.2 Å². The van der Waals surface area contributed by atoms with Crippen molar-refractivity contribution in [1.82, 2.24) is 4.90 Å². The molecule has 0 bridgehead atoms. The SMILES string of the molecule is C=C(CO)C1CCCN1C(C)C. The summed E-state index contributed by atoms with van der Waals surface area (Å²) >= 11 is 0. The lowest BCUT2D eigenvalue weighted by Gasteiger charge is -2.29. The fourth-order valence-electron chi connectivity index (χ4n) is 1.95. The first kappa shape index (κ1) is 9.75. The van der Waals surface area contributed by atoms with Gasteiger partial charge in [0.1, 0.15) is 0 Å². The Balaban J connectivity index is 2.57.